The molecular weight excluding hydrogens is 263 g/mol. The molecule has 3 rings (SSSR count). The summed E-state index contributed by atoms with van der Waals surface area (Å²) in [5, 5.41) is 0.588. The molecule has 0 spiro atoms. The van der Waals surface area contributed by atoms with E-state index in [1.165, 1.54) is 23.9 Å². The van der Waals surface area contributed by atoms with Crippen molar-refractivity contribution in [3.05, 3.63) is 53.8 Å². The van der Waals surface area contributed by atoms with Crippen molar-refractivity contribution < 1.29 is 8.81 Å². The summed E-state index contributed by atoms with van der Waals surface area (Å²) in [6.45, 7) is 0. The van der Waals surface area contributed by atoms with Gasteiger partial charge in [-0.2, -0.15) is 0 Å². The molecule has 0 bridgehead atoms. The van der Waals surface area contributed by atoms with Crippen LogP contribution in [0.1, 0.15) is 5.56 Å². The van der Waals surface area contributed by atoms with E-state index in [9.17, 15) is 4.39 Å². The van der Waals surface area contributed by atoms with E-state index in [1.54, 1.807) is 6.07 Å². The van der Waals surface area contributed by atoms with Crippen LogP contribution >= 0.6 is 11.8 Å². The average molecular weight is 274 g/mol. The van der Waals surface area contributed by atoms with Gasteiger partial charge in [-0.15, -0.1) is 0 Å². The van der Waals surface area contributed by atoms with Crippen molar-refractivity contribution in [3.63, 3.8) is 0 Å². The van der Waals surface area contributed by atoms with E-state index in [2.05, 4.69) is 4.98 Å². The van der Waals surface area contributed by atoms with E-state index in [0.29, 0.717) is 16.7 Å². The molecular formula is C14H11FN2OS. The predicted molar refractivity (Wildman–Crippen MR) is 74.4 cm³/mol. The summed E-state index contributed by atoms with van der Waals surface area (Å²) in [5.41, 5.74) is 8.67. The van der Waals surface area contributed by atoms with Crippen molar-refractivity contribution in [3.8, 4) is 0 Å². The summed E-state index contributed by atoms with van der Waals surface area (Å²) < 4.78 is 18.5. The number of nitrogen functional groups attached to an aromatic ring is 1. The summed E-state index contributed by atoms with van der Waals surface area (Å²) in [4.78, 5) is 4.36. The van der Waals surface area contributed by atoms with Gasteiger partial charge in [-0.3, -0.25) is 0 Å². The third-order valence-corrected chi connectivity index (χ3v) is 3.61. The fraction of sp³-hybridized carbons (Fsp3) is 0.0714. The number of anilines is 1. The van der Waals surface area contributed by atoms with Gasteiger partial charge in [-0.25, -0.2) is 9.37 Å². The van der Waals surface area contributed by atoms with E-state index >= 15 is 0 Å². The first-order chi connectivity index (χ1) is 9.22. The normalized spacial score (nSPS) is 11.0. The van der Waals surface area contributed by atoms with Crippen LogP contribution < -0.4 is 5.73 Å². The minimum absolute atomic E-state index is 0.326. The molecule has 5 heteroatoms. The largest absolute Gasteiger partial charge is 0.431 e. The molecule has 96 valence electrons. The quantitative estimate of drug-likeness (QED) is 0.582. The first kappa shape index (κ1) is 12.0. The Morgan fingerprint density at radius 3 is 2.84 bits per heavy atom. The van der Waals surface area contributed by atoms with Gasteiger partial charge in [0.1, 0.15) is 11.3 Å². The topological polar surface area (TPSA) is 52.0 Å². The van der Waals surface area contributed by atoms with Crippen LogP contribution in [0, 0.1) is 5.82 Å². The Balaban J connectivity index is 1.78. The third kappa shape index (κ3) is 2.56. The van der Waals surface area contributed by atoms with Crippen LogP contribution in [-0.4, -0.2) is 4.98 Å². The molecule has 0 saturated heterocycles. The Kier molecular flexibility index (Phi) is 3.13. The van der Waals surface area contributed by atoms with Gasteiger partial charge >= 0.3 is 0 Å². The second-order valence-electron chi connectivity index (χ2n) is 4.08. The monoisotopic (exact) mass is 274 g/mol. The Morgan fingerprint density at radius 2 is 2.05 bits per heavy atom. The third-order valence-electron chi connectivity index (χ3n) is 2.73. The van der Waals surface area contributed by atoms with E-state index < -0.39 is 0 Å². The number of para-hydroxylation sites is 2. The number of thioether (sulfide) groups is 1. The lowest BCUT2D eigenvalue weighted by molar-refractivity contribution is 0.489. The molecule has 2 aromatic carbocycles. The zero-order valence-corrected chi connectivity index (χ0v) is 10.8. The molecule has 3 aromatic rings. The van der Waals surface area contributed by atoms with Crippen molar-refractivity contribution in [1.82, 2.24) is 4.98 Å². The van der Waals surface area contributed by atoms with Crippen LogP contribution in [0.5, 0.6) is 0 Å². The highest BCUT2D eigenvalue weighted by atomic mass is 32.2. The lowest BCUT2D eigenvalue weighted by Gasteiger charge is -2.03. The van der Waals surface area contributed by atoms with Gasteiger partial charge in [0.2, 0.25) is 0 Å². The van der Waals surface area contributed by atoms with Gasteiger partial charge in [-0.05, 0) is 29.8 Å². The summed E-state index contributed by atoms with van der Waals surface area (Å²) >= 11 is 1.44. The molecule has 0 amide bonds. The Hall–Kier alpha value is -2.01. The van der Waals surface area contributed by atoms with E-state index in [0.717, 1.165) is 16.7 Å². The van der Waals surface area contributed by atoms with E-state index in [-0.39, 0.29) is 5.82 Å². The van der Waals surface area contributed by atoms with Crippen LogP contribution in [0.25, 0.3) is 11.1 Å². The molecule has 0 saturated carbocycles. The molecule has 0 unspecified atom stereocenters. The molecule has 2 N–H and O–H groups in total. The second kappa shape index (κ2) is 4.93. The highest BCUT2D eigenvalue weighted by Crippen LogP contribution is 2.28. The number of rotatable bonds is 3. The zero-order chi connectivity index (χ0) is 13.2. The smallest absolute Gasteiger partial charge is 0.257 e. The Morgan fingerprint density at radius 1 is 1.21 bits per heavy atom. The number of nitrogens with two attached hydrogens (primary N) is 1. The van der Waals surface area contributed by atoms with E-state index in [4.69, 9.17) is 10.2 Å². The number of oxazole rings is 1. The van der Waals surface area contributed by atoms with Gasteiger partial charge in [0.25, 0.3) is 5.22 Å². The summed E-state index contributed by atoms with van der Waals surface area (Å²) in [6, 6.07) is 12.0. The number of aromatic nitrogens is 1. The number of nitrogens with zero attached hydrogens (tertiary/aromatic N) is 1. The van der Waals surface area contributed by atoms with Crippen molar-refractivity contribution in [2.75, 3.05) is 5.73 Å². The van der Waals surface area contributed by atoms with Gasteiger partial charge in [0.05, 0.1) is 0 Å². The molecule has 3 nitrogen and oxygen atoms in total. The maximum Gasteiger partial charge on any atom is 0.257 e. The van der Waals surface area contributed by atoms with Gasteiger partial charge < -0.3 is 10.2 Å². The fourth-order valence-corrected chi connectivity index (χ4v) is 2.60. The predicted octanol–water partition coefficient (Wildman–Crippen LogP) is 3.84. The zero-order valence-electron chi connectivity index (χ0n) is 9.97. The molecule has 0 atom stereocenters. The Labute approximate surface area is 113 Å². The summed E-state index contributed by atoms with van der Waals surface area (Å²) in [5.74, 6) is 0.270. The van der Waals surface area contributed by atoms with E-state index in [1.807, 2.05) is 24.3 Å². The second-order valence-corrected chi connectivity index (χ2v) is 5.01. The van der Waals surface area contributed by atoms with Crippen molar-refractivity contribution >= 4 is 28.5 Å². The fourth-order valence-electron chi connectivity index (χ4n) is 1.75. The lowest BCUT2D eigenvalue weighted by atomic mass is 10.2. The number of hydrogen-bond donors (Lipinski definition) is 1. The first-order valence-corrected chi connectivity index (χ1v) is 6.73. The van der Waals surface area contributed by atoms with Gasteiger partial charge in [-0.1, -0.05) is 30.0 Å². The summed E-state index contributed by atoms with van der Waals surface area (Å²) in [7, 11) is 0. The molecule has 0 aliphatic carbocycles. The SMILES string of the molecule is Nc1cc(F)ccc1CSc1nc2ccccc2o1. The molecule has 19 heavy (non-hydrogen) atoms. The first-order valence-electron chi connectivity index (χ1n) is 5.74. The molecule has 1 heterocycles. The van der Waals surface area contributed by atoms with Crippen molar-refractivity contribution in [1.29, 1.82) is 0 Å². The van der Waals surface area contributed by atoms with Gasteiger partial charge in [0.15, 0.2) is 5.58 Å². The van der Waals surface area contributed by atoms with Gasteiger partial charge in [0, 0.05) is 11.4 Å². The standard InChI is InChI=1S/C14H11FN2OS/c15-10-6-5-9(11(16)7-10)8-19-14-17-12-3-1-2-4-13(12)18-14/h1-7H,8,16H2. The minimum atomic E-state index is -0.326. The van der Waals surface area contributed by atoms with Crippen LogP contribution in [0.2, 0.25) is 0 Å². The molecule has 0 fully saturated rings. The highest BCUT2D eigenvalue weighted by Gasteiger charge is 2.07. The lowest BCUT2D eigenvalue weighted by Crippen LogP contribution is -1.93. The number of halogens is 1. The molecule has 0 aliphatic rings. The minimum Gasteiger partial charge on any atom is -0.431 e. The Bertz CT molecular complexity index is 693. The van der Waals surface area contributed by atoms with Crippen molar-refractivity contribution in [2.24, 2.45) is 0 Å². The maximum atomic E-state index is 12.9. The van der Waals surface area contributed by atoms with Crippen molar-refractivity contribution in [2.45, 2.75) is 11.0 Å². The molecule has 0 aliphatic heterocycles. The number of fused-ring (bicyclic) bond motifs is 1. The van der Waals surface area contributed by atoms with Crippen LogP contribution in [0.3, 0.4) is 0 Å². The van der Waals surface area contributed by atoms with Crippen LogP contribution in [-0.2, 0) is 5.75 Å². The number of hydrogen-bond acceptors (Lipinski definition) is 4. The van der Waals surface area contributed by atoms with Crippen LogP contribution in [0.4, 0.5) is 10.1 Å². The number of benzene rings is 2. The molecule has 0 radical (unpaired) electrons. The van der Waals surface area contributed by atoms with Crippen LogP contribution in [0.15, 0.2) is 52.1 Å². The highest BCUT2D eigenvalue weighted by molar-refractivity contribution is 7.98. The average Bonchev–Trinajstić information content (AvgIpc) is 2.80. The maximum absolute atomic E-state index is 12.9. The molecule has 1 aromatic heterocycles. The summed E-state index contributed by atoms with van der Waals surface area (Å²) in [6.07, 6.45) is 0.